The van der Waals surface area contributed by atoms with Gasteiger partial charge in [0.15, 0.2) is 0 Å². The first kappa shape index (κ1) is 9.03. The molecule has 0 saturated heterocycles. The summed E-state index contributed by atoms with van der Waals surface area (Å²) in [4.78, 5) is 0. The van der Waals surface area contributed by atoms with Crippen molar-refractivity contribution in [1.82, 2.24) is 0 Å². The lowest BCUT2D eigenvalue weighted by Gasteiger charge is -2.05. The highest BCUT2D eigenvalue weighted by molar-refractivity contribution is 5.86. The lowest BCUT2D eigenvalue weighted by atomic mass is 10.0. The number of hydrogen-bond acceptors (Lipinski definition) is 2. The Bertz CT molecular complexity index is 449. The van der Waals surface area contributed by atoms with Crippen LogP contribution in [0.2, 0.25) is 0 Å². The first-order valence-corrected chi connectivity index (χ1v) is 4.51. The van der Waals surface area contributed by atoms with Crippen LogP contribution in [0.1, 0.15) is 5.56 Å². The van der Waals surface area contributed by atoms with Crippen molar-refractivity contribution in [3.05, 3.63) is 42.0 Å². The zero-order valence-electron chi connectivity index (χ0n) is 8.03. The van der Waals surface area contributed by atoms with Crippen LogP contribution in [0.25, 0.3) is 10.8 Å². The predicted molar refractivity (Wildman–Crippen MR) is 56.4 cm³/mol. The van der Waals surface area contributed by atoms with Crippen LogP contribution in [-0.4, -0.2) is 12.2 Å². The standard InChI is InChI=1S/C12H12O2/c1-14-11-6-5-9-3-2-4-10(8-13)12(9)7-11/h2-7,13H,8H2,1H3. The van der Waals surface area contributed by atoms with Crippen LogP contribution >= 0.6 is 0 Å². The third-order valence-corrected chi connectivity index (χ3v) is 2.35. The zero-order chi connectivity index (χ0) is 9.97. The molecule has 14 heavy (non-hydrogen) atoms. The lowest BCUT2D eigenvalue weighted by Crippen LogP contribution is -1.87. The normalized spacial score (nSPS) is 10.4. The van der Waals surface area contributed by atoms with Crippen LogP contribution in [0.15, 0.2) is 36.4 Å². The summed E-state index contributed by atoms with van der Waals surface area (Å²) in [6, 6.07) is 11.7. The van der Waals surface area contributed by atoms with Crippen LogP contribution in [0, 0.1) is 0 Å². The van der Waals surface area contributed by atoms with E-state index in [1.54, 1.807) is 7.11 Å². The van der Waals surface area contributed by atoms with E-state index in [9.17, 15) is 0 Å². The molecule has 0 fully saturated rings. The molecule has 72 valence electrons. The van der Waals surface area contributed by atoms with Crippen LogP contribution < -0.4 is 4.74 Å². The van der Waals surface area contributed by atoms with Gasteiger partial charge in [-0.25, -0.2) is 0 Å². The maximum Gasteiger partial charge on any atom is 0.119 e. The van der Waals surface area contributed by atoms with E-state index in [-0.39, 0.29) is 6.61 Å². The van der Waals surface area contributed by atoms with Crippen molar-refractivity contribution in [2.75, 3.05) is 7.11 Å². The fraction of sp³-hybridized carbons (Fsp3) is 0.167. The number of benzene rings is 2. The Morgan fingerprint density at radius 3 is 2.79 bits per heavy atom. The molecule has 0 aliphatic carbocycles. The Hall–Kier alpha value is -1.54. The van der Waals surface area contributed by atoms with Gasteiger partial charge in [-0.15, -0.1) is 0 Å². The second kappa shape index (κ2) is 3.68. The van der Waals surface area contributed by atoms with Crippen LogP contribution in [0.5, 0.6) is 5.75 Å². The Morgan fingerprint density at radius 2 is 2.07 bits per heavy atom. The Kier molecular flexibility index (Phi) is 2.37. The number of aliphatic hydroxyl groups excluding tert-OH is 1. The van der Waals surface area contributed by atoms with Crippen LogP contribution in [-0.2, 0) is 6.61 Å². The number of aliphatic hydroxyl groups is 1. The molecule has 2 heteroatoms. The second-order valence-corrected chi connectivity index (χ2v) is 3.16. The third kappa shape index (κ3) is 1.44. The van der Waals surface area contributed by atoms with Gasteiger partial charge in [0.25, 0.3) is 0 Å². The molecule has 0 spiro atoms. The number of hydrogen-bond donors (Lipinski definition) is 1. The van der Waals surface area contributed by atoms with E-state index < -0.39 is 0 Å². The van der Waals surface area contributed by atoms with Gasteiger partial charge in [-0.2, -0.15) is 0 Å². The van der Waals surface area contributed by atoms with E-state index in [0.717, 1.165) is 22.1 Å². The molecule has 1 N–H and O–H groups in total. The van der Waals surface area contributed by atoms with Crippen molar-refractivity contribution in [2.24, 2.45) is 0 Å². The van der Waals surface area contributed by atoms with Gasteiger partial charge >= 0.3 is 0 Å². The Balaban J connectivity index is 2.70. The second-order valence-electron chi connectivity index (χ2n) is 3.16. The molecule has 0 aliphatic heterocycles. The van der Waals surface area contributed by atoms with Gasteiger partial charge in [0.2, 0.25) is 0 Å². The molecule has 0 amide bonds. The molecule has 0 atom stereocenters. The SMILES string of the molecule is COc1ccc2cccc(CO)c2c1. The zero-order valence-corrected chi connectivity index (χ0v) is 8.03. The maximum absolute atomic E-state index is 9.16. The summed E-state index contributed by atoms with van der Waals surface area (Å²) < 4.78 is 5.14. The van der Waals surface area contributed by atoms with Crippen molar-refractivity contribution in [3.63, 3.8) is 0 Å². The minimum atomic E-state index is 0.0600. The van der Waals surface area contributed by atoms with Crippen LogP contribution in [0.4, 0.5) is 0 Å². The average molecular weight is 188 g/mol. The summed E-state index contributed by atoms with van der Waals surface area (Å²) >= 11 is 0. The molecule has 0 saturated carbocycles. The van der Waals surface area contributed by atoms with E-state index in [2.05, 4.69) is 0 Å². The highest BCUT2D eigenvalue weighted by Crippen LogP contribution is 2.23. The molecule has 0 unspecified atom stereocenters. The van der Waals surface area contributed by atoms with E-state index in [4.69, 9.17) is 9.84 Å². The lowest BCUT2D eigenvalue weighted by molar-refractivity contribution is 0.283. The largest absolute Gasteiger partial charge is 0.497 e. The van der Waals surface area contributed by atoms with Gasteiger partial charge in [0.1, 0.15) is 5.75 Å². The summed E-state index contributed by atoms with van der Waals surface area (Å²) in [7, 11) is 1.64. The van der Waals surface area contributed by atoms with Crippen molar-refractivity contribution in [1.29, 1.82) is 0 Å². The first-order valence-electron chi connectivity index (χ1n) is 4.51. The van der Waals surface area contributed by atoms with Gasteiger partial charge in [0, 0.05) is 0 Å². The third-order valence-electron chi connectivity index (χ3n) is 2.35. The molecule has 2 aromatic carbocycles. The van der Waals surface area contributed by atoms with Crippen molar-refractivity contribution in [2.45, 2.75) is 6.61 Å². The van der Waals surface area contributed by atoms with E-state index >= 15 is 0 Å². The highest BCUT2D eigenvalue weighted by atomic mass is 16.5. The number of fused-ring (bicyclic) bond motifs is 1. The molecule has 2 nitrogen and oxygen atoms in total. The molecule has 0 aromatic heterocycles. The van der Waals surface area contributed by atoms with E-state index in [0.29, 0.717) is 0 Å². The van der Waals surface area contributed by atoms with Gasteiger partial charge in [-0.1, -0.05) is 24.3 Å². The highest BCUT2D eigenvalue weighted by Gasteiger charge is 2.00. The molecule has 2 rings (SSSR count). The van der Waals surface area contributed by atoms with E-state index in [1.807, 2.05) is 36.4 Å². The molecule has 0 heterocycles. The summed E-state index contributed by atoms with van der Waals surface area (Å²) in [6.45, 7) is 0.0600. The first-order chi connectivity index (χ1) is 6.85. The van der Waals surface area contributed by atoms with Gasteiger partial charge in [0.05, 0.1) is 13.7 Å². The summed E-state index contributed by atoms with van der Waals surface area (Å²) in [5.74, 6) is 0.818. The Morgan fingerprint density at radius 1 is 1.21 bits per heavy atom. The fourth-order valence-corrected chi connectivity index (χ4v) is 1.58. The molecule has 0 radical (unpaired) electrons. The van der Waals surface area contributed by atoms with E-state index in [1.165, 1.54) is 0 Å². The Labute approximate surface area is 82.8 Å². The number of rotatable bonds is 2. The summed E-state index contributed by atoms with van der Waals surface area (Å²) in [5, 5.41) is 11.3. The minimum Gasteiger partial charge on any atom is -0.497 e. The number of methoxy groups -OCH3 is 1. The minimum absolute atomic E-state index is 0.0600. The average Bonchev–Trinajstić information content (AvgIpc) is 2.27. The molecular weight excluding hydrogens is 176 g/mol. The predicted octanol–water partition coefficient (Wildman–Crippen LogP) is 2.34. The van der Waals surface area contributed by atoms with Gasteiger partial charge in [-0.05, 0) is 28.5 Å². The van der Waals surface area contributed by atoms with Crippen molar-refractivity contribution in [3.8, 4) is 5.75 Å². The number of ether oxygens (including phenoxy) is 1. The topological polar surface area (TPSA) is 29.5 Å². The smallest absolute Gasteiger partial charge is 0.119 e. The maximum atomic E-state index is 9.16. The molecular formula is C12H12O2. The van der Waals surface area contributed by atoms with Crippen LogP contribution in [0.3, 0.4) is 0 Å². The summed E-state index contributed by atoms with van der Waals surface area (Å²) in [5.41, 5.74) is 0.932. The van der Waals surface area contributed by atoms with Gasteiger partial charge in [-0.3, -0.25) is 0 Å². The molecule has 0 aliphatic rings. The fourth-order valence-electron chi connectivity index (χ4n) is 1.58. The van der Waals surface area contributed by atoms with Crippen molar-refractivity contribution < 1.29 is 9.84 Å². The van der Waals surface area contributed by atoms with Crippen molar-refractivity contribution >= 4 is 10.8 Å². The van der Waals surface area contributed by atoms with Gasteiger partial charge < -0.3 is 9.84 Å². The monoisotopic (exact) mass is 188 g/mol. The molecule has 0 bridgehead atoms. The quantitative estimate of drug-likeness (QED) is 0.783. The summed E-state index contributed by atoms with van der Waals surface area (Å²) in [6.07, 6.45) is 0. The molecule has 2 aromatic rings.